The SMILES string of the molecule is COc1c(F)cc(C)c2c1c(=O)[nH]c(=O)n2C1CC1. The summed E-state index contributed by atoms with van der Waals surface area (Å²) >= 11 is 0. The molecule has 0 bridgehead atoms. The molecule has 1 saturated carbocycles. The molecule has 1 heterocycles. The highest BCUT2D eigenvalue weighted by atomic mass is 19.1. The van der Waals surface area contributed by atoms with Crippen molar-refractivity contribution in [2.75, 3.05) is 7.11 Å². The Hall–Kier alpha value is -2.11. The summed E-state index contributed by atoms with van der Waals surface area (Å²) in [4.78, 5) is 26.1. The normalized spacial score (nSPS) is 14.9. The summed E-state index contributed by atoms with van der Waals surface area (Å²) in [6.07, 6.45) is 1.78. The molecule has 1 fully saturated rings. The van der Waals surface area contributed by atoms with Gasteiger partial charge in [-0.05, 0) is 31.4 Å². The number of halogens is 1. The average molecular weight is 264 g/mol. The smallest absolute Gasteiger partial charge is 0.329 e. The first-order chi connectivity index (χ1) is 9.04. The van der Waals surface area contributed by atoms with Gasteiger partial charge in [0, 0.05) is 6.04 Å². The van der Waals surface area contributed by atoms with Crippen LogP contribution >= 0.6 is 0 Å². The van der Waals surface area contributed by atoms with Crippen LogP contribution in [-0.4, -0.2) is 16.7 Å². The zero-order valence-corrected chi connectivity index (χ0v) is 10.6. The Morgan fingerprint density at radius 1 is 1.42 bits per heavy atom. The molecule has 100 valence electrons. The number of rotatable bonds is 2. The zero-order valence-electron chi connectivity index (χ0n) is 10.6. The maximum Gasteiger partial charge on any atom is 0.329 e. The molecule has 0 atom stereocenters. The molecule has 0 amide bonds. The summed E-state index contributed by atoms with van der Waals surface area (Å²) in [6, 6.07) is 1.37. The van der Waals surface area contributed by atoms with Crippen LogP contribution in [0.1, 0.15) is 24.4 Å². The van der Waals surface area contributed by atoms with E-state index in [0.717, 1.165) is 12.8 Å². The van der Waals surface area contributed by atoms with E-state index in [-0.39, 0.29) is 17.2 Å². The Balaban J connectivity index is 2.58. The second-order valence-electron chi connectivity index (χ2n) is 4.79. The summed E-state index contributed by atoms with van der Waals surface area (Å²) < 4.78 is 20.4. The van der Waals surface area contributed by atoms with Crippen molar-refractivity contribution in [1.82, 2.24) is 9.55 Å². The van der Waals surface area contributed by atoms with Gasteiger partial charge >= 0.3 is 5.69 Å². The number of aromatic nitrogens is 2. The highest BCUT2D eigenvalue weighted by Gasteiger charge is 2.29. The molecule has 1 aliphatic rings. The fourth-order valence-electron chi connectivity index (χ4n) is 2.47. The molecule has 1 N–H and O–H groups in total. The first-order valence-corrected chi connectivity index (χ1v) is 6.06. The summed E-state index contributed by atoms with van der Waals surface area (Å²) in [7, 11) is 1.30. The Morgan fingerprint density at radius 2 is 2.11 bits per heavy atom. The van der Waals surface area contributed by atoms with E-state index in [1.165, 1.54) is 17.7 Å². The molecule has 0 saturated heterocycles. The number of aromatic amines is 1. The molecule has 0 unspecified atom stereocenters. The van der Waals surface area contributed by atoms with Crippen molar-refractivity contribution in [2.45, 2.75) is 25.8 Å². The predicted molar refractivity (Wildman–Crippen MR) is 68.3 cm³/mol. The monoisotopic (exact) mass is 264 g/mol. The number of H-pyrrole nitrogens is 1. The number of fused-ring (bicyclic) bond motifs is 1. The molecule has 0 spiro atoms. The third-order valence-electron chi connectivity index (χ3n) is 3.42. The van der Waals surface area contributed by atoms with Gasteiger partial charge in [0.15, 0.2) is 11.6 Å². The Labute approximate surface area is 107 Å². The molecule has 1 aliphatic carbocycles. The van der Waals surface area contributed by atoms with Crippen LogP contribution in [0.2, 0.25) is 0 Å². The first-order valence-electron chi connectivity index (χ1n) is 6.06. The van der Waals surface area contributed by atoms with Crippen molar-refractivity contribution in [3.63, 3.8) is 0 Å². The van der Waals surface area contributed by atoms with Crippen LogP contribution in [0.4, 0.5) is 4.39 Å². The van der Waals surface area contributed by atoms with Crippen LogP contribution in [0.5, 0.6) is 5.75 Å². The van der Waals surface area contributed by atoms with Gasteiger partial charge in [0.1, 0.15) is 5.39 Å². The molecule has 0 aliphatic heterocycles. The van der Waals surface area contributed by atoms with E-state index >= 15 is 0 Å². The van der Waals surface area contributed by atoms with E-state index in [1.54, 1.807) is 6.92 Å². The first kappa shape index (κ1) is 12.0. The van der Waals surface area contributed by atoms with Crippen LogP contribution in [0, 0.1) is 12.7 Å². The third-order valence-corrected chi connectivity index (χ3v) is 3.42. The van der Waals surface area contributed by atoms with Gasteiger partial charge < -0.3 is 4.74 Å². The molecular formula is C13H13FN2O3. The number of nitrogens with zero attached hydrogens (tertiary/aromatic N) is 1. The van der Waals surface area contributed by atoms with Crippen LogP contribution in [0.3, 0.4) is 0 Å². The molecule has 0 radical (unpaired) electrons. The number of hydrogen-bond acceptors (Lipinski definition) is 3. The van der Waals surface area contributed by atoms with Gasteiger partial charge in [-0.2, -0.15) is 0 Å². The molecule has 6 heteroatoms. The quantitative estimate of drug-likeness (QED) is 0.893. The number of methoxy groups -OCH3 is 1. The topological polar surface area (TPSA) is 64.1 Å². The van der Waals surface area contributed by atoms with Crippen molar-refractivity contribution in [3.8, 4) is 5.75 Å². The highest BCUT2D eigenvalue weighted by molar-refractivity contribution is 5.87. The molecule has 5 nitrogen and oxygen atoms in total. The van der Waals surface area contributed by atoms with Crippen molar-refractivity contribution >= 4 is 10.9 Å². The lowest BCUT2D eigenvalue weighted by molar-refractivity contribution is 0.391. The minimum atomic E-state index is -0.614. The predicted octanol–water partition coefficient (Wildman–Crippen LogP) is 1.48. The van der Waals surface area contributed by atoms with Gasteiger partial charge in [-0.25, -0.2) is 9.18 Å². The van der Waals surface area contributed by atoms with Crippen molar-refractivity contribution in [3.05, 3.63) is 38.3 Å². The number of ether oxygens (including phenoxy) is 1. The number of aryl methyl sites for hydroxylation is 1. The highest BCUT2D eigenvalue weighted by Crippen LogP contribution is 2.37. The molecule has 19 heavy (non-hydrogen) atoms. The minimum Gasteiger partial charge on any atom is -0.493 e. The number of benzene rings is 1. The zero-order chi connectivity index (χ0) is 13.7. The fraction of sp³-hybridized carbons (Fsp3) is 0.385. The van der Waals surface area contributed by atoms with Crippen molar-refractivity contribution < 1.29 is 9.13 Å². The Morgan fingerprint density at radius 3 is 2.68 bits per heavy atom. The van der Waals surface area contributed by atoms with Gasteiger partial charge in [0.2, 0.25) is 0 Å². The van der Waals surface area contributed by atoms with Crippen LogP contribution in [-0.2, 0) is 0 Å². The lowest BCUT2D eigenvalue weighted by Crippen LogP contribution is -2.30. The van der Waals surface area contributed by atoms with Gasteiger partial charge in [-0.1, -0.05) is 0 Å². The Bertz CT molecular complexity index is 787. The molecule has 1 aromatic heterocycles. The summed E-state index contributed by atoms with van der Waals surface area (Å²) in [5.41, 5.74) is -0.0361. The van der Waals surface area contributed by atoms with Crippen molar-refractivity contribution in [2.24, 2.45) is 0 Å². The molecule has 2 aromatic rings. The third kappa shape index (κ3) is 1.67. The van der Waals surface area contributed by atoms with Gasteiger partial charge in [0.25, 0.3) is 5.56 Å². The fourth-order valence-corrected chi connectivity index (χ4v) is 2.47. The summed E-state index contributed by atoms with van der Waals surface area (Å²) in [5.74, 6) is -0.713. The maximum atomic E-state index is 13.8. The standard InChI is InChI=1S/C13H13FN2O3/c1-6-5-8(14)11(19-2)9-10(6)16(7-3-4-7)13(18)15-12(9)17/h5,7H,3-4H2,1-2H3,(H,15,17,18). The van der Waals surface area contributed by atoms with E-state index < -0.39 is 17.1 Å². The summed E-state index contributed by atoms with van der Waals surface area (Å²) in [6.45, 7) is 1.68. The van der Waals surface area contributed by atoms with Gasteiger partial charge in [-0.15, -0.1) is 0 Å². The summed E-state index contributed by atoms with van der Waals surface area (Å²) in [5, 5.41) is 0.103. The largest absolute Gasteiger partial charge is 0.493 e. The molecule has 3 rings (SSSR count). The Kier molecular flexibility index (Phi) is 2.48. The lowest BCUT2D eigenvalue weighted by Gasteiger charge is -2.13. The second kappa shape index (κ2) is 3.94. The van der Waals surface area contributed by atoms with E-state index in [2.05, 4.69) is 4.98 Å². The van der Waals surface area contributed by atoms with Crippen molar-refractivity contribution in [1.29, 1.82) is 0 Å². The minimum absolute atomic E-state index is 0.0840. The van der Waals surface area contributed by atoms with E-state index in [0.29, 0.717) is 11.1 Å². The molecular weight excluding hydrogens is 251 g/mol. The van der Waals surface area contributed by atoms with Gasteiger partial charge in [0.05, 0.1) is 12.6 Å². The van der Waals surface area contributed by atoms with E-state index in [4.69, 9.17) is 4.74 Å². The second-order valence-corrected chi connectivity index (χ2v) is 4.79. The maximum absolute atomic E-state index is 13.8. The lowest BCUT2D eigenvalue weighted by atomic mass is 10.1. The van der Waals surface area contributed by atoms with E-state index in [1.807, 2.05) is 0 Å². The van der Waals surface area contributed by atoms with Gasteiger partial charge in [-0.3, -0.25) is 14.3 Å². The van der Waals surface area contributed by atoms with Crippen LogP contribution in [0.25, 0.3) is 10.9 Å². The number of nitrogens with one attached hydrogen (secondary N) is 1. The average Bonchev–Trinajstić information content (AvgIpc) is 3.14. The van der Waals surface area contributed by atoms with Crippen LogP contribution < -0.4 is 16.0 Å². The number of hydrogen-bond donors (Lipinski definition) is 1. The van der Waals surface area contributed by atoms with Crippen LogP contribution in [0.15, 0.2) is 15.7 Å². The van der Waals surface area contributed by atoms with E-state index in [9.17, 15) is 14.0 Å². The molecule has 1 aromatic carbocycles.